The van der Waals surface area contributed by atoms with Crippen LogP contribution in [-0.4, -0.2) is 36.7 Å². The average molecular weight is 175 g/mol. The Labute approximate surface area is 70.7 Å². The van der Waals surface area contributed by atoms with Crippen LogP contribution >= 0.6 is 0 Å². The van der Waals surface area contributed by atoms with Gasteiger partial charge in [0, 0.05) is 13.2 Å². The fourth-order valence-corrected chi connectivity index (χ4v) is 0.550. The van der Waals surface area contributed by atoms with Crippen LogP contribution in [-0.2, 0) is 14.3 Å². The van der Waals surface area contributed by atoms with Crippen molar-refractivity contribution in [1.29, 1.82) is 0 Å². The van der Waals surface area contributed by atoms with Crippen LogP contribution in [0.25, 0.3) is 0 Å². The molecule has 0 aliphatic heterocycles. The molecule has 0 aromatic heterocycles. The van der Waals surface area contributed by atoms with Crippen LogP contribution in [0.1, 0.15) is 13.3 Å². The molecule has 2 N–H and O–H groups in total. The summed E-state index contributed by atoms with van der Waals surface area (Å²) in [6.07, 6.45) is 0.436. The molecule has 0 spiro atoms. The van der Waals surface area contributed by atoms with E-state index >= 15 is 0 Å². The first kappa shape index (κ1) is 10.9. The summed E-state index contributed by atoms with van der Waals surface area (Å²) in [5, 5.41) is 10.6. The van der Waals surface area contributed by atoms with Crippen molar-refractivity contribution in [2.24, 2.45) is 0 Å². The highest BCUT2D eigenvalue weighted by Crippen LogP contribution is 1.79. The van der Waals surface area contributed by atoms with E-state index in [4.69, 9.17) is 5.11 Å². The van der Waals surface area contributed by atoms with Crippen molar-refractivity contribution < 1.29 is 19.4 Å². The summed E-state index contributed by atoms with van der Waals surface area (Å²) >= 11 is 0. The Bertz CT molecular complexity index is 157. The van der Waals surface area contributed by atoms with E-state index in [0.29, 0.717) is 6.42 Å². The first-order valence-corrected chi connectivity index (χ1v) is 3.78. The molecular weight excluding hydrogens is 162 g/mol. The Kier molecular flexibility index (Phi) is 6.00. The van der Waals surface area contributed by atoms with Gasteiger partial charge in [0.25, 0.3) is 0 Å². The Balaban J connectivity index is 3.50. The van der Waals surface area contributed by atoms with Gasteiger partial charge in [-0.25, -0.2) is 4.79 Å². The number of hydrogen-bond acceptors (Lipinski definition) is 4. The molecule has 5 heteroatoms. The molecule has 70 valence electrons. The molecule has 0 bridgehead atoms. The van der Waals surface area contributed by atoms with E-state index in [1.807, 2.05) is 0 Å². The zero-order valence-electron chi connectivity index (χ0n) is 7.00. The second-order valence-corrected chi connectivity index (χ2v) is 2.05. The number of aliphatic hydroxyl groups excluding tert-OH is 1. The molecule has 0 rings (SSSR count). The Morgan fingerprint density at radius 3 is 2.67 bits per heavy atom. The van der Waals surface area contributed by atoms with Gasteiger partial charge in [-0.1, -0.05) is 0 Å². The molecule has 0 saturated heterocycles. The van der Waals surface area contributed by atoms with Gasteiger partial charge in [0.15, 0.2) is 0 Å². The van der Waals surface area contributed by atoms with E-state index in [1.54, 1.807) is 6.92 Å². The number of amides is 1. The largest absolute Gasteiger partial charge is 0.459 e. The van der Waals surface area contributed by atoms with Crippen LogP contribution in [0.2, 0.25) is 0 Å². The second kappa shape index (κ2) is 6.60. The minimum atomic E-state index is -0.879. The molecule has 0 aliphatic carbocycles. The SMILES string of the molecule is CCOC(=O)C(=O)NCCCO. The highest BCUT2D eigenvalue weighted by molar-refractivity contribution is 6.32. The van der Waals surface area contributed by atoms with Crippen LogP contribution in [0.15, 0.2) is 0 Å². The van der Waals surface area contributed by atoms with Crippen LogP contribution in [0.3, 0.4) is 0 Å². The third-order valence-corrected chi connectivity index (χ3v) is 1.08. The van der Waals surface area contributed by atoms with E-state index in [9.17, 15) is 9.59 Å². The minimum Gasteiger partial charge on any atom is -0.459 e. The van der Waals surface area contributed by atoms with Gasteiger partial charge in [-0.2, -0.15) is 0 Å². The Hall–Kier alpha value is -1.10. The lowest BCUT2D eigenvalue weighted by molar-refractivity contribution is -0.154. The lowest BCUT2D eigenvalue weighted by Crippen LogP contribution is -2.33. The van der Waals surface area contributed by atoms with Gasteiger partial charge in [0.05, 0.1) is 6.61 Å². The summed E-state index contributed by atoms with van der Waals surface area (Å²) in [7, 11) is 0. The van der Waals surface area contributed by atoms with E-state index in [1.165, 1.54) is 0 Å². The average Bonchev–Trinajstić information content (AvgIpc) is 2.05. The van der Waals surface area contributed by atoms with Crippen LogP contribution in [0.4, 0.5) is 0 Å². The predicted octanol–water partition coefficient (Wildman–Crippen LogP) is -0.952. The van der Waals surface area contributed by atoms with Gasteiger partial charge >= 0.3 is 11.9 Å². The molecule has 0 atom stereocenters. The van der Waals surface area contributed by atoms with Crippen LogP contribution < -0.4 is 5.32 Å². The third-order valence-electron chi connectivity index (χ3n) is 1.08. The molecule has 12 heavy (non-hydrogen) atoms. The second-order valence-electron chi connectivity index (χ2n) is 2.05. The summed E-state index contributed by atoms with van der Waals surface area (Å²) < 4.78 is 4.42. The van der Waals surface area contributed by atoms with Crippen molar-refractivity contribution in [3.8, 4) is 0 Å². The number of hydrogen-bond donors (Lipinski definition) is 2. The molecule has 0 aliphatic rings. The highest BCUT2D eigenvalue weighted by Gasteiger charge is 2.12. The molecule has 0 aromatic carbocycles. The van der Waals surface area contributed by atoms with E-state index in [2.05, 4.69) is 10.1 Å². The number of ether oxygens (including phenoxy) is 1. The molecule has 5 nitrogen and oxygen atoms in total. The third kappa shape index (κ3) is 4.68. The fourth-order valence-electron chi connectivity index (χ4n) is 0.550. The zero-order valence-corrected chi connectivity index (χ0v) is 7.00. The highest BCUT2D eigenvalue weighted by atomic mass is 16.5. The number of nitrogens with one attached hydrogen (secondary N) is 1. The summed E-state index contributed by atoms with van der Waals surface area (Å²) in [6, 6.07) is 0. The smallest absolute Gasteiger partial charge is 0.396 e. The first-order chi connectivity index (χ1) is 5.72. The zero-order chi connectivity index (χ0) is 9.40. The molecule has 0 radical (unpaired) electrons. The number of rotatable bonds is 4. The summed E-state index contributed by atoms with van der Waals surface area (Å²) in [6.45, 7) is 2.09. The van der Waals surface area contributed by atoms with Gasteiger partial charge in [-0.15, -0.1) is 0 Å². The van der Waals surface area contributed by atoms with Crippen LogP contribution in [0, 0.1) is 0 Å². The Morgan fingerprint density at radius 2 is 2.17 bits per heavy atom. The Morgan fingerprint density at radius 1 is 1.50 bits per heavy atom. The quantitative estimate of drug-likeness (QED) is 0.328. The van der Waals surface area contributed by atoms with Gasteiger partial charge in [0.2, 0.25) is 0 Å². The van der Waals surface area contributed by atoms with Crippen molar-refractivity contribution >= 4 is 11.9 Å². The van der Waals surface area contributed by atoms with Gasteiger partial charge in [0.1, 0.15) is 0 Å². The number of esters is 1. The fraction of sp³-hybridized carbons (Fsp3) is 0.714. The van der Waals surface area contributed by atoms with E-state index in [-0.39, 0.29) is 19.8 Å². The number of aliphatic hydroxyl groups is 1. The summed E-state index contributed by atoms with van der Waals surface area (Å²) in [5.74, 6) is -1.64. The molecule has 0 unspecified atom stereocenters. The number of carbonyl (C=O) groups excluding carboxylic acids is 2. The van der Waals surface area contributed by atoms with E-state index < -0.39 is 11.9 Å². The molecule has 1 amide bonds. The molecular formula is C7H13NO4. The summed E-state index contributed by atoms with van der Waals surface area (Å²) in [4.78, 5) is 21.4. The molecule has 0 saturated carbocycles. The van der Waals surface area contributed by atoms with Crippen molar-refractivity contribution in [2.45, 2.75) is 13.3 Å². The lowest BCUT2D eigenvalue weighted by atomic mass is 10.4. The molecule has 0 aromatic rings. The van der Waals surface area contributed by atoms with Gasteiger partial charge in [-0.3, -0.25) is 4.79 Å². The number of carbonyl (C=O) groups is 2. The van der Waals surface area contributed by atoms with Crippen molar-refractivity contribution in [1.82, 2.24) is 5.32 Å². The maximum Gasteiger partial charge on any atom is 0.396 e. The first-order valence-electron chi connectivity index (χ1n) is 3.78. The monoisotopic (exact) mass is 175 g/mol. The topological polar surface area (TPSA) is 75.6 Å². The minimum absolute atomic E-state index is 0.0108. The predicted molar refractivity (Wildman–Crippen MR) is 41.3 cm³/mol. The van der Waals surface area contributed by atoms with Crippen LogP contribution in [0.5, 0.6) is 0 Å². The molecule has 0 fully saturated rings. The lowest BCUT2D eigenvalue weighted by Gasteiger charge is -2.02. The van der Waals surface area contributed by atoms with Crippen molar-refractivity contribution in [3.63, 3.8) is 0 Å². The standard InChI is InChI=1S/C7H13NO4/c1-2-12-7(11)6(10)8-4-3-5-9/h9H,2-5H2,1H3,(H,8,10). The maximum absolute atomic E-state index is 10.7. The maximum atomic E-state index is 10.7. The van der Waals surface area contributed by atoms with Gasteiger partial charge < -0.3 is 15.2 Å². The van der Waals surface area contributed by atoms with Gasteiger partial charge in [-0.05, 0) is 13.3 Å². The van der Waals surface area contributed by atoms with Crippen molar-refractivity contribution in [3.05, 3.63) is 0 Å². The van der Waals surface area contributed by atoms with Crippen molar-refractivity contribution in [2.75, 3.05) is 19.8 Å². The normalized spacial score (nSPS) is 9.17. The van der Waals surface area contributed by atoms with E-state index in [0.717, 1.165) is 0 Å². The summed E-state index contributed by atoms with van der Waals surface area (Å²) in [5.41, 5.74) is 0. The molecule has 0 heterocycles.